The van der Waals surface area contributed by atoms with Gasteiger partial charge in [0.25, 0.3) is 5.91 Å². The van der Waals surface area contributed by atoms with Gasteiger partial charge in [-0.15, -0.1) is 0 Å². The van der Waals surface area contributed by atoms with Gasteiger partial charge in [-0.3, -0.25) is 9.69 Å². The van der Waals surface area contributed by atoms with Crippen LogP contribution < -0.4 is 11.1 Å². The fourth-order valence-electron chi connectivity index (χ4n) is 3.72. The number of carbonyl (C=O) groups excluding carboxylic acids is 2. The summed E-state index contributed by atoms with van der Waals surface area (Å²) in [6.07, 6.45) is 1.70. The van der Waals surface area contributed by atoms with E-state index in [-0.39, 0.29) is 18.3 Å². The molecule has 1 saturated heterocycles. The van der Waals surface area contributed by atoms with Crippen molar-refractivity contribution in [2.75, 3.05) is 25.5 Å². The van der Waals surface area contributed by atoms with Gasteiger partial charge >= 0.3 is 12.1 Å². The monoisotopic (exact) mass is 456 g/mol. The molecule has 0 spiro atoms. The van der Waals surface area contributed by atoms with Gasteiger partial charge in [0.05, 0.1) is 24.1 Å². The van der Waals surface area contributed by atoms with Crippen LogP contribution in [-0.4, -0.2) is 63.6 Å². The highest BCUT2D eigenvalue weighted by atomic mass is 19.4. The van der Waals surface area contributed by atoms with Gasteiger partial charge in [-0.1, -0.05) is 6.42 Å². The summed E-state index contributed by atoms with van der Waals surface area (Å²) in [5.74, 6) is -3.17. The van der Waals surface area contributed by atoms with Crippen molar-refractivity contribution in [3.8, 4) is 0 Å². The third-order valence-corrected chi connectivity index (χ3v) is 5.42. The number of nitrogens with zero attached hydrogens (tertiary/aromatic N) is 4. The summed E-state index contributed by atoms with van der Waals surface area (Å²) in [4.78, 5) is 34.7. The number of likely N-dealkylation sites (tertiary alicyclic amines) is 1. The van der Waals surface area contributed by atoms with Gasteiger partial charge in [0.2, 0.25) is 0 Å². The number of nitrogens with two attached hydrogens (primary N) is 1. The van der Waals surface area contributed by atoms with Crippen LogP contribution in [0.5, 0.6) is 0 Å². The molecule has 2 aromatic rings. The molecule has 32 heavy (non-hydrogen) atoms. The molecule has 176 valence electrons. The smallest absolute Gasteiger partial charge is 0.446 e. The number of ether oxygens (including phenoxy) is 1. The zero-order valence-electron chi connectivity index (χ0n) is 17.8. The molecule has 3 rings (SSSR count). The number of aromatic nitrogens is 3. The topological polar surface area (TPSA) is 115 Å². The predicted octanol–water partition coefficient (Wildman–Crippen LogP) is 2.43. The van der Waals surface area contributed by atoms with E-state index < -0.39 is 24.2 Å². The zero-order chi connectivity index (χ0) is 23.3. The largest absolute Gasteiger partial charge is 0.490 e. The fraction of sp³-hybridized carbons (Fsp3) is 0.600. The maximum absolute atomic E-state index is 12.6. The molecule has 0 saturated carbocycles. The number of alkyl halides is 3. The first-order valence-electron chi connectivity index (χ1n) is 10.5. The summed E-state index contributed by atoms with van der Waals surface area (Å²) in [5.41, 5.74) is 6.87. The average molecular weight is 456 g/mol. The summed E-state index contributed by atoms with van der Waals surface area (Å²) in [6.45, 7) is 1.41. The number of anilines is 1. The molecular weight excluding hydrogens is 429 g/mol. The Balaban J connectivity index is 1.71. The highest BCUT2D eigenvalue weighted by molar-refractivity contribution is 5.94. The number of rotatable bonds is 9. The Morgan fingerprint density at radius 2 is 2.09 bits per heavy atom. The summed E-state index contributed by atoms with van der Waals surface area (Å²) in [5, 5.41) is 2.44. The first-order chi connectivity index (χ1) is 15.2. The van der Waals surface area contributed by atoms with Crippen LogP contribution in [0.2, 0.25) is 0 Å². The van der Waals surface area contributed by atoms with Crippen LogP contribution in [0.4, 0.5) is 19.0 Å². The number of halogens is 3. The number of amides is 1. The van der Waals surface area contributed by atoms with Crippen molar-refractivity contribution in [2.24, 2.45) is 5.73 Å². The van der Waals surface area contributed by atoms with E-state index in [1.54, 1.807) is 4.40 Å². The normalized spacial score (nSPS) is 18.1. The van der Waals surface area contributed by atoms with E-state index in [1.165, 1.54) is 12.4 Å². The number of imidazole rings is 1. The number of hydrogen-bond acceptors (Lipinski definition) is 7. The van der Waals surface area contributed by atoms with Gasteiger partial charge in [-0.2, -0.15) is 13.2 Å². The molecule has 1 unspecified atom stereocenters. The Labute approximate surface area is 183 Å². The summed E-state index contributed by atoms with van der Waals surface area (Å²) in [7, 11) is 2.03. The van der Waals surface area contributed by atoms with Crippen molar-refractivity contribution in [3.05, 3.63) is 24.3 Å². The van der Waals surface area contributed by atoms with E-state index in [4.69, 9.17) is 5.73 Å². The third kappa shape index (κ3) is 5.94. The second-order valence-corrected chi connectivity index (χ2v) is 7.86. The molecule has 9 nitrogen and oxygen atoms in total. The van der Waals surface area contributed by atoms with Crippen molar-refractivity contribution in [3.63, 3.8) is 0 Å². The molecule has 3 N–H and O–H groups in total. The Morgan fingerprint density at radius 1 is 1.31 bits per heavy atom. The van der Waals surface area contributed by atoms with Gasteiger partial charge in [-0.25, -0.2) is 14.8 Å². The summed E-state index contributed by atoms with van der Waals surface area (Å²) in [6, 6.07) is 0.202. The maximum Gasteiger partial charge on any atom is 0.490 e. The molecule has 2 aromatic heterocycles. The lowest BCUT2D eigenvalue weighted by Crippen LogP contribution is -2.37. The number of nitrogens with one attached hydrogen (secondary N) is 1. The quantitative estimate of drug-likeness (QED) is 0.440. The van der Waals surface area contributed by atoms with Crippen LogP contribution in [0.25, 0.3) is 5.65 Å². The first-order valence-corrected chi connectivity index (χ1v) is 10.5. The van der Waals surface area contributed by atoms with E-state index in [1.807, 2.05) is 13.2 Å². The van der Waals surface area contributed by atoms with Gasteiger partial charge in [0, 0.05) is 6.20 Å². The number of carbonyl (C=O) groups is 2. The molecule has 2 atom stereocenters. The van der Waals surface area contributed by atoms with E-state index >= 15 is 0 Å². The highest BCUT2D eigenvalue weighted by Crippen LogP contribution is 2.29. The van der Waals surface area contributed by atoms with Crippen molar-refractivity contribution in [2.45, 2.75) is 56.8 Å². The molecule has 0 aromatic carbocycles. The van der Waals surface area contributed by atoms with Crippen molar-refractivity contribution in [1.29, 1.82) is 0 Å². The van der Waals surface area contributed by atoms with Crippen molar-refractivity contribution < 1.29 is 27.5 Å². The molecule has 1 aliphatic heterocycles. The Hall–Kier alpha value is -2.73. The Kier molecular flexibility index (Phi) is 7.67. The lowest BCUT2D eigenvalue weighted by atomic mass is 10.1. The van der Waals surface area contributed by atoms with Crippen LogP contribution in [0.15, 0.2) is 18.6 Å². The standard InChI is InChI=1S/C20H27F3N6O3/c1-28-9-5-6-14(28)13-11-29-12-16(25-10-17(29)26-13)27-18(30)15(7-3-2-4-8-24)32-19(31)20(21,22)23/h10-12,14-15H,2-9,24H2,1H3,(H,27,30)/t14-,15?/m1/s1. The van der Waals surface area contributed by atoms with Crippen molar-refractivity contribution in [1.82, 2.24) is 19.3 Å². The van der Waals surface area contributed by atoms with Crippen LogP contribution in [-0.2, 0) is 14.3 Å². The van der Waals surface area contributed by atoms with Gasteiger partial charge < -0.3 is 20.2 Å². The molecule has 0 bridgehead atoms. The molecule has 0 aliphatic carbocycles. The second-order valence-electron chi connectivity index (χ2n) is 7.86. The maximum atomic E-state index is 12.6. The van der Waals surface area contributed by atoms with E-state index in [9.17, 15) is 22.8 Å². The highest BCUT2D eigenvalue weighted by Gasteiger charge is 2.43. The summed E-state index contributed by atoms with van der Waals surface area (Å²) >= 11 is 0. The molecule has 0 radical (unpaired) electrons. The minimum absolute atomic E-state index is 0.0564. The number of hydrogen-bond donors (Lipinski definition) is 2. The molecular formula is C20H27F3N6O3. The molecule has 1 fully saturated rings. The van der Waals surface area contributed by atoms with E-state index in [2.05, 4.69) is 24.9 Å². The van der Waals surface area contributed by atoms with Crippen molar-refractivity contribution >= 4 is 23.3 Å². The van der Waals surface area contributed by atoms with Crippen LogP contribution in [0.1, 0.15) is 50.3 Å². The van der Waals surface area contributed by atoms with E-state index in [0.29, 0.717) is 31.5 Å². The predicted molar refractivity (Wildman–Crippen MR) is 110 cm³/mol. The lowest BCUT2D eigenvalue weighted by Gasteiger charge is -2.18. The number of unbranched alkanes of at least 4 members (excludes halogenated alkanes) is 2. The average Bonchev–Trinajstić information content (AvgIpc) is 3.34. The Morgan fingerprint density at radius 3 is 2.75 bits per heavy atom. The van der Waals surface area contributed by atoms with Gasteiger partial charge in [-0.05, 0) is 52.2 Å². The second kappa shape index (κ2) is 10.3. The SMILES string of the molecule is CN1CCC[C@@H]1c1cn2cc(NC(=O)C(CCCCCN)OC(=O)C(F)(F)F)ncc2n1. The first kappa shape index (κ1) is 23.9. The zero-order valence-corrected chi connectivity index (χ0v) is 17.8. The molecule has 1 amide bonds. The molecule has 12 heteroatoms. The minimum atomic E-state index is -5.19. The van der Waals surface area contributed by atoms with Crippen LogP contribution in [0.3, 0.4) is 0 Å². The lowest BCUT2D eigenvalue weighted by molar-refractivity contribution is -0.205. The van der Waals surface area contributed by atoms with E-state index in [0.717, 1.165) is 25.1 Å². The van der Waals surface area contributed by atoms with Crippen LogP contribution in [0, 0.1) is 0 Å². The third-order valence-electron chi connectivity index (χ3n) is 5.42. The minimum Gasteiger partial charge on any atom is -0.446 e. The van der Waals surface area contributed by atoms with Gasteiger partial charge in [0.1, 0.15) is 5.82 Å². The Bertz CT molecular complexity index is 948. The van der Waals surface area contributed by atoms with Gasteiger partial charge in [0.15, 0.2) is 11.8 Å². The van der Waals surface area contributed by atoms with Crippen LogP contribution >= 0.6 is 0 Å². The summed E-state index contributed by atoms with van der Waals surface area (Å²) < 4.78 is 44.0. The number of esters is 1. The molecule has 3 heterocycles. The fourth-order valence-corrected chi connectivity index (χ4v) is 3.72. The molecule has 1 aliphatic rings. The number of fused-ring (bicyclic) bond motifs is 1.